The summed E-state index contributed by atoms with van der Waals surface area (Å²) >= 11 is 6.16. The van der Waals surface area contributed by atoms with Gasteiger partial charge in [0.25, 0.3) is 0 Å². The molecule has 0 aliphatic carbocycles. The molecule has 2 unspecified atom stereocenters. The molecule has 0 bridgehead atoms. The van der Waals surface area contributed by atoms with E-state index in [4.69, 9.17) is 25.8 Å². The van der Waals surface area contributed by atoms with Crippen molar-refractivity contribution >= 4 is 17.3 Å². The number of benzene rings is 3. The number of halogens is 2. The SMILES string of the molecule is CC(C)OC1c2cc(NCc3ccc(CF)cc3)ccc2OC(C)(C)C1OCc1cccc(Cl)c1. The van der Waals surface area contributed by atoms with Gasteiger partial charge in [-0.2, -0.15) is 0 Å². The molecule has 0 spiro atoms. The number of anilines is 1. The van der Waals surface area contributed by atoms with Crippen LogP contribution in [0.5, 0.6) is 5.75 Å². The van der Waals surface area contributed by atoms with E-state index in [0.717, 1.165) is 28.1 Å². The van der Waals surface area contributed by atoms with Crippen LogP contribution in [0.25, 0.3) is 0 Å². The number of hydrogen-bond donors (Lipinski definition) is 1. The lowest BCUT2D eigenvalue weighted by atomic mass is 9.87. The van der Waals surface area contributed by atoms with Crippen molar-refractivity contribution in [1.29, 1.82) is 0 Å². The Balaban J connectivity index is 1.56. The minimum Gasteiger partial charge on any atom is -0.485 e. The van der Waals surface area contributed by atoms with Crippen molar-refractivity contribution in [2.24, 2.45) is 0 Å². The zero-order valence-electron chi connectivity index (χ0n) is 20.7. The molecule has 3 aromatic rings. The monoisotopic (exact) mass is 497 g/mol. The van der Waals surface area contributed by atoms with Crippen molar-refractivity contribution in [2.75, 3.05) is 5.32 Å². The van der Waals surface area contributed by atoms with Gasteiger partial charge >= 0.3 is 0 Å². The molecule has 0 amide bonds. The molecule has 0 saturated heterocycles. The summed E-state index contributed by atoms with van der Waals surface area (Å²) in [5.41, 5.74) is 4.06. The Morgan fingerprint density at radius 2 is 1.74 bits per heavy atom. The van der Waals surface area contributed by atoms with Crippen LogP contribution >= 0.6 is 11.6 Å². The van der Waals surface area contributed by atoms with Crippen LogP contribution in [-0.4, -0.2) is 17.8 Å². The molecule has 1 N–H and O–H groups in total. The predicted molar refractivity (Wildman–Crippen MR) is 139 cm³/mol. The summed E-state index contributed by atoms with van der Waals surface area (Å²) in [6.45, 7) is 8.69. The Bertz CT molecular complexity index is 1130. The van der Waals surface area contributed by atoms with Crippen molar-refractivity contribution in [1.82, 2.24) is 0 Å². The molecule has 0 saturated carbocycles. The number of rotatable bonds is 9. The second-order valence-electron chi connectivity index (χ2n) is 9.73. The summed E-state index contributed by atoms with van der Waals surface area (Å²) in [6, 6.07) is 21.2. The molecule has 186 valence electrons. The number of alkyl halides is 1. The maximum atomic E-state index is 12.8. The topological polar surface area (TPSA) is 39.7 Å². The van der Waals surface area contributed by atoms with Gasteiger partial charge in [0.1, 0.15) is 30.2 Å². The minimum absolute atomic E-state index is 0.00431. The molecular formula is C29H33ClFNO3. The van der Waals surface area contributed by atoms with Crippen LogP contribution in [0, 0.1) is 0 Å². The number of nitrogens with one attached hydrogen (secondary N) is 1. The summed E-state index contributed by atoms with van der Waals surface area (Å²) in [6.07, 6.45) is -0.636. The fourth-order valence-corrected chi connectivity index (χ4v) is 4.54. The molecule has 1 aliphatic rings. The van der Waals surface area contributed by atoms with Gasteiger partial charge < -0.3 is 19.5 Å². The molecule has 1 aliphatic heterocycles. The standard InChI is InChI=1S/C29H33ClFNO3/c1-19(2)34-27-25-15-24(32-17-21-10-8-20(16-31)9-11-21)12-13-26(25)35-29(3,4)28(27)33-18-22-6-5-7-23(30)14-22/h5-15,19,27-28,32H,16-18H2,1-4H3. The third-order valence-corrected chi connectivity index (χ3v) is 6.30. The smallest absolute Gasteiger partial charge is 0.132 e. The van der Waals surface area contributed by atoms with E-state index in [1.165, 1.54) is 0 Å². The Kier molecular flexibility index (Phi) is 8.00. The van der Waals surface area contributed by atoms with Gasteiger partial charge in [0, 0.05) is 22.8 Å². The molecule has 0 radical (unpaired) electrons. The van der Waals surface area contributed by atoms with Crippen LogP contribution < -0.4 is 10.1 Å². The van der Waals surface area contributed by atoms with E-state index in [-0.39, 0.29) is 18.3 Å². The highest BCUT2D eigenvalue weighted by atomic mass is 35.5. The van der Waals surface area contributed by atoms with Crippen molar-refractivity contribution in [3.8, 4) is 5.75 Å². The average molecular weight is 498 g/mol. The van der Waals surface area contributed by atoms with Crippen molar-refractivity contribution in [3.63, 3.8) is 0 Å². The molecule has 6 heteroatoms. The Hall–Kier alpha value is -2.60. The van der Waals surface area contributed by atoms with Gasteiger partial charge in [-0.3, -0.25) is 0 Å². The third kappa shape index (κ3) is 6.35. The van der Waals surface area contributed by atoms with Crippen molar-refractivity contribution < 1.29 is 18.6 Å². The van der Waals surface area contributed by atoms with Crippen LogP contribution in [0.3, 0.4) is 0 Å². The highest BCUT2D eigenvalue weighted by molar-refractivity contribution is 6.30. The summed E-state index contributed by atoms with van der Waals surface area (Å²) in [7, 11) is 0. The van der Waals surface area contributed by atoms with Gasteiger partial charge in [-0.05, 0) is 74.7 Å². The second kappa shape index (κ2) is 11.0. The normalized spacial score (nSPS) is 18.7. The Morgan fingerprint density at radius 3 is 2.43 bits per heavy atom. The largest absolute Gasteiger partial charge is 0.485 e. The van der Waals surface area contributed by atoms with Crippen molar-refractivity contribution in [2.45, 2.75) is 71.4 Å². The summed E-state index contributed by atoms with van der Waals surface area (Å²) in [4.78, 5) is 0. The van der Waals surface area contributed by atoms with E-state index in [0.29, 0.717) is 23.7 Å². The molecule has 3 aromatic carbocycles. The maximum Gasteiger partial charge on any atom is 0.132 e. The summed E-state index contributed by atoms with van der Waals surface area (Å²) in [5, 5.41) is 4.14. The molecule has 2 atom stereocenters. The van der Waals surface area contributed by atoms with Gasteiger partial charge in [-0.25, -0.2) is 4.39 Å². The number of hydrogen-bond acceptors (Lipinski definition) is 4. The fraction of sp³-hybridized carbons (Fsp3) is 0.379. The zero-order valence-corrected chi connectivity index (χ0v) is 21.4. The van der Waals surface area contributed by atoms with Gasteiger partial charge in [-0.15, -0.1) is 0 Å². The molecular weight excluding hydrogens is 465 g/mol. The predicted octanol–water partition coefficient (Wildman–Crippen LogP) is 7.64. The molecule has 4 nitrogen and oxygen atoms in total. The molecule has 1 heterocycles. The van der Waals surface area contributed by atoms with E-state index in [1.807, 2.05) is 88.4 Å². The van der Waals surface area contributed by atoms with Crippen LogP contribution in [0.2, 0.25) is 5.02 Å². The lowest BCUT2D eigenvalue weighted by Crippen LogP contribution is -2.51. The third-order valence-electron chi connectivity index (χ3n) is 6.06. The number of ether oxygens (including phenoxy) is 3. The first-order valence-electron chi connectivity index (χ1n) is 12.0. The Morgan fingerprint density at radius 1 is 1.00 bits per heavy atom. The average Bonchev–Trinajstić information content (AvgIpc) is 2.82. The van der Waals surface area contributed by atoms with Crippen LogP contribution in [-0.2, 0) is 29.3 Å². The van der Waals surface area contributed by atoms with Gasteiger partial charge in [0.05, 0.1) is 12.7 Å². The van der Waals surface area contributed by atoms with Crippen LogP contribution in [0.1, 0.15) is 56.1 Å². The van der Waals surface area contributed by atoms with Crippen molar-refractivity contribution in [3.05, 3.63) is 94.0 Å². The minimum atomic E-state index is -0.599. The number of fused-ring (bicyclic) bond motifs is 1. The lowest BCUT2D eigenvalue weighted by Gasteiger charge is -2.45. The van der Waals surface area contributed by atoms with Gasteiger partial charge in [-0.1, -0.05) is 48.0 Å². The first-order valence-corrected chi connectivity index (χ1v) is 12.3. The quantitative estimate of drug-likeness (QED) is 0.329. The first kappa shape index (κ1) is 25.5. The lowest BCUT2D eigenvalue weighted by molar-refractivity contribution is -0.177. The summed E-state index contributed by atoms with van der Waals surface area (Å²) in [5.74, 6) is 0.793. The van der Waals surface area contributed by atoms with Gasteiger partial charge in [0.15, 0.2) is 0 Å². The molecule has 35 heavy (non-hydrogen) atoms. The van der Waals surface area contributed by atoms with Gasteiger partial charge in [0.2, 0.25) is 0 Å². The van der Waals surface area contributed by atoms with Crippen LogP contribution in [0.15, 0.2) is 66.7 Å². The maximum absolute atomic E-state index is 12.8. The first-order chi connectivity index (χ1) is 16.7. The Labute approximate surface area is 212 Å². The van der Waals surface area contributed by atoms with E-state index >= 15 is 0 Å². The fourth-order valence-electron chi connectivity index (χ4n) is 4.33. The summed E-state index contributed by atoms with van der Waals surface area (Å²) < 4.78 is 32.1. The van der Waals surface area contributed by atoms with E-state index in [2.05, 4.69) is 11.4 Å². The highest BCUT2D eigenvalue weighted by Gasteiger charge is 2.46. The van der Waals surface area contributed by atoms with E-state index < -0.39 is 12.3 Å². The second-order valence-corrected chi connectivity index (χ2v) is 10.2. The molecule has 0 fully saturated rings. The molecule has 0 aromatic heterocycles. The zero-order chi connectivity index (χ0) is 25.0. The molecule has 4 rings (SSSR count). The van der Waals surface area contributed by atoms with E-state index in [9.17, 15) is 4.39 Å². The van der Waals surface area contributed by atoms with E-state index in [1.54, 1.807) is 0 Å². The van der Waals surface area contributed by atoms with Crippen LogP contribution in [0.4, 0.5) is 10.1 Å². The highest BCUT2D eigenvalue weighted by Crippen LogP contribution is 2.45.